The molecule has 0 aromatic carbocycles. The van der Waals surface area contributed by atoms with Crippen LogP contribution in [0.5, 0.6) is 0 Å². The van der Waals surface area contributed by atoms with E-state index in [2.05, 4.69) is 5.32 Å². The fourth-order valence-electron chi connectivity index (χ4n) is 0.782. The molecule has 2 atom stereocenters. The van der Waals surface area contributed by atoms with E-state index < -0.39 is 11.9 Å². The second-order valence-electron chi connectivity index (χ2n) is 2.98. The maximum atomic E-state index is 10.6. The van der Waals surface area contributed by atoms with Crippen molar-refractivity contribution >= 4 is 5.91 Å². The van der Waals surface area contributed by atoms with Crippen LogP contribution in [0.4, 0.5) is 0 Å². The van der Waals surface area contributed by atoms with Crippen molar-refractivity contribution in [3.05, 3.63) is 0 Å². The molecule has 0 saturated carbocycles. The zero-order chi connectivity index (χ0) is 10.3. The first-order valence-corrected chi connectivity index (χ1v) is 4.44. The predicted molar refractivity (Wildman–Crippen MR) is 51.1 cm³/mol. The topological polar surface area (TPSA) is 90.4 Å². The van der Waals surface area contributed by atoms with Gasteiger partial charge in [-0.2, -0.15) is 0 Å². The van der Waals surface area contributed by atoms with Crippen molar-refractivity contribution in [1.29, 1.82) is 0 Å². The van der Waals surface area contributed by atoms with Crippen LogP contribution in [0.3, 0.4) is 0 Å². The fraction of sp³-hybridized carbons (Fsp3) is 0.875. The highest BCUT2D eigenvalue weighted by Gasteiger charge is 2.10. The van der Waals surface area contributed by atoms with Crippen LogP contribution in [0.2, 0.25) is 0 Å². The van der Waals surface area contributed by atoms with E-state index in [0.29, 0.717) is 19.8 Å². The molecule has 1 amide bonds. The first kappa shape index (κ1) is 12.3. The fourth-order valence-corrected chi connectivity index (χ4v) is 0.782. The van der Waals surface area contributed by atoms with Gasteiger partial charge in [-0.3, -0.25) is 4.79 Å². The first-order valence-electron chi connectivity index (χ1n) is 4.44. The Hall–Kier alpha value is -0.650. The molecule has 0 spiro atoms. The van der Waals surface area contributed by atoms with Gasteiger partial charge in [-0.15, -0.1) is 0 Å². The summed E-state index contributed by atoms with van der Waals surface area (Å²) in [7, 11) is 0. The van der Waals surface area contributed by atoms with Crippen molar-refractivity contribution < 1.29 is 9.53 Å². The number of amides is 1. The summed E-state index contributed by atoms with van der Waals surface area (Å²) in [5.41, 5.74) is 10.4. The van der Waals surface area contributed by atoms with Crippen molar-refractivity contribution in [3.63, 3.8) is 0 Å². The molecule has 0 fully saturated rings. The minimum Gasteiger partial charge on any atom is -0.380 e. The van der Waals surface area contributed by atoms with Gasteiger partial charge in [-0.1, -0.05) is 0 Å². The van der Waals surface area contributed by atoms with Crippen LogP contribution in [0.1, 0.15) is 13.8 Å². The number of carbonyl (C=O) groups excluding carboxylic acids is 1. The molecule has 0 bridgehead atoms. The van der Waals surface area contributed by atoms with Crippen molar-refractivity contribution in [2.75, 3.05) is 19.8 Å². The minimum atomic E-state index is -0.621. The van der Waals surface area contributed by atoms with E-state index in [1.807, 2.05) is 13.8 Å². The lowest BCUT2D eigenvalue weighted by atomic mass is 10.2. The third-order valence-corrected chi connectivity index (χ3v) is 1.62. The van der Waals surface area contributed by atoms with E-state index >= 15 is 0 Å². The molecule has 5 nitrogen and oxygen atoms in total. The molecule has 0 aliphatic rings. The molecule has 13 heavy (non-hydrogen) atoms. The second-order valence-corrected chi connectivity index (χ2v) is 2.98. The molecule has 0 aromatic rings. The van der Waals surface area contributed by atoms with Gasteiger partial charge in [-0.05, 0) is 13.8 Å². The number of nitrogens with two attached hydrogens (primary N) is 2. The Morgan fingerprint density at radius 1 is 1.62 bits per heavy atom. The number of primary amides is 1. The van der Waals surface area contributed by atoms with Gasteiger partial charge < -0.3 is 21.5 Å². The lowest BCUT2D eigenvalue weighted by Gasteiger charge is -2.15. The Morgan fingerprint density at radius 3 is 2.69 bits per heavy atom. The number of hydrogen-bond donors (Lipinski definition) is 3. The summed E-state index contributed by atoms with van der Waals surface area (Å²) in [6.45, 7) is 5.59. The van der Waals surface area contributed by atoms with Crippen LogP contribution in [-0.2, 0) is 9.53 Å². The van der Waals surface area contributed by atoms with Crippen molar-refractivity contribution in [3.8, 4) is 0 Å². The Labute approximate surface area is 78.8 Å². The van der Waals surface area contributed by atoms with Gasteiger partial charge in [-0.25, -0.2) is 0 Å². The zero-order valence-electron chi connectivity index (χ0n) is 8.25. The number of ether oxygens (including phenoxy) is 1. The third-order valence-electron chi connectivity index (χ3n) is 1.62. The average Bonchev–Trinajstić information content (AvgIpc) is 2.10. The van der Waals surface area contributed by atoms with E-state index in [4.69, 9.17) is 16.2 Å². The maximum absolute atomic E-state index is 10.6. The number of carbonyl (C=O) groups is 1. The number of hydrogen-bond acceptors (Lipinski definition) is 4. The molecule has 5 N–H and O–H groups in total. The first-order chi connectivity index (χ1) is 6.07. The lowest BCUT2D eigenvalue weighted by molar-refractivity contribution is -0.119. The van der Waals surface area contributed by atoms with Gasteiger partial charge in [0.1, 0.15) is 0 Å². The van der Waals surface area contributed by atoms with Crippen LogP contribution in [0.15, 0.2) is 0 Å². The van der Waals surface area contributed by atoms with Gasteiger partial charge in [0, 0.05) is 19.2 Å². The Morgan fingerprint density at radius 2 is 2.23 bits per heavy atom. The van der Waals surface area contributed by atoms with Crippen LogP contribution in [-0.4, -0.2) is 37.7 Å². The van der Waals surface area contributed by atoms with Crippen molar-refractivity contribution in [2.24, 2.45) is 11.5 Å². The summed E-state index contributed by atoms with van der Waals surface area (Å²) in [6, 6.07) is -0.436. The molecule has 0 aromatic heterocycles. The van der Waals surface area contributed by atoms with E-state index in [1.165, 1.54) is 0 Å². The summed E-state index contributed by atoms with van der Waals surface area (Å²) in [5.74, 6) is -0.490. The highest BCUT2D eigenvalue weighted by molar-refractivity contribution is 5.79. The van der Waals surface area contributed by atoms with Gasteiger partial charge in [0.05, 0.1) is 12.6 Å². The van der Waals surface area contributed by atoms with Crippen molar-refractivity contribution in [1.82, 2.24) is 5.32 Å². The summed E-state index contributed by atoms with van der Waals surface area (Å²) in [6.07, 6.45) is 0. The number of nitrogens with one attached hydrogen (secondary N) is 1. The smallest absolute Gasteiger partial charge is 0.235 e. The van der Waals surface area contributed by atoms with E-state index in [9.17, 15) is 4.79 Å². The summed E-state index contributed by atoms with van der Waals surface area (Å²) < 4.78 is 5.17. The molecule has 0 heterocycles. The van der Waals surface area contributed by atoms with E-state index in [1.54, 1.807) is 0 Å². The van der Waals surface area contributed by atoms with Gasteiger partial charge in [0.2, 0.25) is 5.91 Å². The zero-order valence-corrected chi connectivity index (χ0v) is 8.25. The Bertz CT molecular complexity index is 152. The average molecular weight is 189 g/mol. The molecule has 0 aliphatic carbocycles. The molecule has 0 rings (SSSR count). The van der Waals surface area contributed by atoms with Gasteiger partial charge in [0.25, 0.3) is 0 Å². The molecule has 2 unspecified atom stereocenters. The van der Waals surface area contributed by atoms with Crippen LogP contribution >= 0.6 is 0 Å². The monoisotopic (exact) mass is 189 g/mol. The SMILES string of the molecule is CCOCC(C)NCC(N)C(N)=O. The van der Waals surface area contributed by atoms with Gasteiger partial charge >= 0.3 is 0 Å². The highest BCUT2D eigenvalue weighted by Crippen LogP contribution is 1.84. The molecular weight excluding hydrogens is 170 g/mol. The van der Waals surface area contributed by atoms with Crippen LogP contribution in [0, 0.1) is 0 Å². The largest absolute Gasteiger partial charge is 0.380 e. The summed E-state index contributed by atoms with van der Waals surface area (Å²) in [5, 5.41) is 3.05. The number of rotatable bonds is 7. The molecule has 0 aliphatic heterocycles. The standard InChI is InChI=1S/C8H19N3O2/c1-3-13-5-6(2)11-4-7(9)8(10)12/h6-7,11H,3-5,9H2,1-2H3,(H2,10,12). The lowest BCUT2D eigenvalue weighted by Crippen LogP contribution is -2.47. The Kier molecular flexibility index (Phi) is 6.48. The van der Waals surface area contributed by atoms with E-state index in [-0.39, 0.29) is 6.04 Å². The van der Waals surface area contributed by atoms with Gasteiger partial charge in [0.15, 0.2) is 0 Å². The van der Waals surface area contributed by atoms with Crippen molar-refractivity contribution in [2.45, 2.75) is 25.9 Å². The molecule has 78 valence electrons. The highest BCUT2D eigenvalue weighted by atomic mass is 16.5. The maximum Gasteiger partial charge on any atom is 0.235 e. The Balaban J connectivity index is 3.45. The molecule has 5 heteroatoms. The normalized spacial score (nSPS) is 15.3. The van der Waals surface area contributed by atoms with Crippen LogP contribution < -0.4 is 16.8 Å². The third kappa shape index (κ3) is 6.51. The quantitative estimate of drug-likeness (QED) is 0.470. The minimum absolute atomic E-state index is 0.186. The molecule has 0 radical (unpaired) electrons. The second kappa shape index (κ2) is 6.82. The summed E-state index contributed by atoms with van der Waals surface area (Å²) in [4.78, 5) is 10.6. The predicted octanol–water partition coefficient (Wildman–Crippen LogP) is -1.19. The van der Waals surface area contributed by atoms with Crippen LogP contribution in [0.25, 0.3) is 0 Å². The summed E-state index contributed by atoms with van der Waals surface area (Å²) >= 11 is 0. The van der Waals surface area contributed by atoms with E-state index in [0.717, 1.165) is 0 Å². The molecular formula is C8H19N3O2. The molecule has 0 saturated heterocycles.